The van der Waals surface area contributed by atoms with Crippen molar-refractivity contribution in [2.75, 3.05) is 6.61 Å². The number of ether oxygens (including phenoxy) is 1. The molecule has 31 heavy (non-hydrogen) atoms. The molecule has 1 aliphatic rings. The van der Waals surface area contributed by atoms with Crippen LogP contribution in [-0.4, -0.2) is 38.0 Å². The maximum Gasteiger partial charge on any atom is 0.335 e. The van der Waals surface area contributed by atoms with Crippen LogP contribution in [0.5, 0.6) is 0 Å². The molecule has 1 fully saturated rings. The van der Waals surface area contributed by atoms with Crippen molar-refractivity contribution in [1.82, 2.24) is 14.8 Å². The number of hydrogen-bond acceptors (Lipinski definition) is 3. The van der Waals surface area contributed by atoms with E-state index in [4.69, 9.17) is 4.74 Å². The Morgan fingerprint density at radius 2 is 2.06 bits per heavy atom. The molecule has 0 amide bonds. The van der Waals surface area contributed by atoms with Gasteiger partial charge in [-0.3, -0.25) is 5.10 Å². The number of H-pyrrole nitrogens is 1. The molecule has 0 spiro atoms. The van der Waals surface area contributed by atoms with Crippen LogP contribution in [0.4, 0.5) is 4.39 Å². The molecule has 0 bridgehead atoms. The number of rotatable bonds is 4. The average Bonchev–Trinajstić information content (AvgIpc) is 3.42. The Bertz CT molecular complexity index is 1310. The Kier molecular flexibility index (Phi) is 4.41. The van der Waals surface area contributed by atoms with Gasteiger partial charge in [-0.05, 0) is 61.2 Å². The Hall–Kier alpha value is -3.19. The van der Waals surface area contributed by atoms with E-state index < -0.39 is 11.6 Å². The number of fused-ring (bicyclic) bond motifs is 2. The highest BCUT2D eigenvalue weighted by atomic mass is 19.1. The number of nitrogens with zero attached hydrogens (tertiary/aromatic N) is 2. The van der Waals surface area contributed by atoms with Crippen molar-refractivity contribution in [2.45, 2.75) is 44.6 Å². The average molecular weight is 421 g/mol. The quantitative estimate of drug-likeness (QED) is 0.479. The molecule has 2 atom stereocenters. The van der Waals surface area contributed by atoms with Crippen LogP contribution in [0, 0.1) is 5.82 Å². The Morgan fingerprint density at radius 3 is 2.71 bits per heavy atom. The van der Waals surface area contributed by atoms with Crippen LogP contribution in [0.15, 0.2) is 42.6 Å². The summed E-state index contributed by atoms with van der Waals surface area (Å²) in [6.45, 7) is 6.22. The molecule has 5 rings (SSSR count). The summed E-state index contributed by atoms with van der Waals surface area (Å²) in [5.41, 5.74) is 3.75. The third-order valence-electron chi connectivity index (χ3n) is 6.34. The van der Waals surface area contributed by atoms with Crippen molar-refractivity contribution in [3.05, 3.63) is 59.7 Å². The Labute approximate surface area is 178 Å². The fourth-order valence-electron chi connectivity index (χ4n) is 4.84. The van der Waals surface area contributed by atoms with Crippen LogP contribution in [0.1, 0.15) is 50.3 Å². The molecule has 1 aliphatic heterocycles. The smallest absolute Gasteiger partial charge is 0.335 e. The second kappa shape index (κ2) is 6.92. The first-order chi connectivity index (χ1) is 14.8. The van der Waals surface area contributed by atoms with Gasteiger partial charge in [0.15, 0.2) is 5.60 Å². The van der Waals surface area contributed by atoms with Crippen LogP contribution in [0.25, 0.3) is 27.5 Å². The third-order valence-corrected chi connectivity index (χ3v) is 6.34. The number of aromatic nitrogens is 3. The summed E-state index contributed by atoms with van der Waals surface area (Å²) in [6, 6.07) is 10.6. The van der Waals surface area contributed by atoms with Crippen molar-refractivity contribution >= 4 is 27.8 Å². The van der Waals surface area contributed by atoms with Crippen molar-refractivity contribution in [2.24, 2.45) is 0 Å². The highest BCUT2D eigenvalue weighted by Gasteiger charge is 2.45. The number of nitrogens with one attached hydrogen (secondary N) is 1. The van der Waals surface area contributed by atoms with Crippen molar-refractivity contribution in [3.8, 4) is 5.69 Å². The van der Waals surface area contributed by atoms with E-state index in [1.54, 1.807) is 25.3 Å². The molecule has 2 N–H and O–H groups in total. The fourth-order valence-corrected chi connectivity index (χ4v) is 4.84. The predicted octanol–water partition coefficient (Wildman–Crippen LogP) is 5.12. The van der Waals surface area contributed by atoms with E-state index >= 15 is 0 Å². The summed E-state index contributed by atoms with van der Waals surface area (Å²) < 4.78 is 21.6. The second-order valence-electron chi connectivity index (χ2n) is 8.84. The zero-order chi connectivity index (χ0) is 21.9. The van der Waals surface area contributed by atoms with Gasteiger partial charge in [-0.1, -0.05) is 13.8 Å². The molecular formula is C24H24FN3O3. The summed E-state index contributed by atoms with van der Waals surface area (Å²) in [6.07, 6.45) is 2.18. The fraction of sp³-hybridized carbons (Fsp3) is 0.333. The molecule has 6 nitrogen and oxygen atoms in total. The van der Waals surface area contributed by atoms with Crippen LogP contribution >= 0.6 is 0 Å². The number of carboxylic acids is 1. The number of aliphatic carboxylic acids is 1. The van der Waals surface area contributed by atoms with Gasteiger partial charge in [0.05, 0.1) is 23.8 Å². The van der Waals surface area contributed by atoms with Gasteiger partial charge in [0.2, 0.25) is 0 Å². The van der Waals surface area contributed by atoms with Crippen LogP contribution in [-0.2, 0) is 9.53 Å². The number of halogens is 1. The van der Waals surface area contributed by atoms with Gasteiger partial charge in [0.1, 0.15) is 5.82 Å². The summed E-state index contributed by atoms with van der Waals surface area (Å²) in [7, 11) is 0. The lowest BCUT2D eigenvalue weighted by Crippen LogP contribution is -2.34. The number of aromatic amines is 1. The van der Waals surface area contributed by atoms with E-state index in [0.29, 0.717) is 13.0 Å². The summed E-state index contributed by atoms with van der Waals surface area (Å²) in [5, 5.41) is 18.9. The van der Waals surface area contributed by atoms with Gasteiger partial charge in [-0.2, -0.15) is 5.10 Å². The van der Waals surface area contributed by atoms with Crippen molar-refractivity contribution in [1.29, 1.82) is 0 Å². The topological polar surface area (TPSA) is 80.1 Å². The zero-order valence-corrected chi connectivity index (χ0v) is 17.6. The Balaban J connectivity index is 1.82. The minimum absolute atomic E-state index is 0.0666. The van der Waals surface area contributed by atoms with E-state index in [-0.39, 0.29) is 17.7 Å². The monoisotopic (exact) mass is 421 g/mol. The molecule has 160 valence electrons. The predicted molar refractivity (Wildman–Crippen MR) is 116 cm³/mol. The summed E-state index contributed by atoms with van der Waals surface area (Å²) in [4.78, 5) is 11.8. The lowest BCUT2D eigenvalue weighted by molar-refractivity contribution is -0.157. The lowest BCUT2D eigenvalue weighted by atomic mass is 9.86. The second-order valence-corrected chi connectivity index (χ2v) is 8.84. The van der Waals surface area contributed by atoms with E-state index in [0.717, 1.165) is 38.8 Å². The summed E-state index contributed by atoms with van der Waals surface area (Å²) >= 11 is 0. The first-order valence-electron chi connectivity index (χ1n) is 10.4. The maximum atomic E-state index is 13.7. The van der Waals surface area contributed by atoms with E-state index in [9.17, 15) is 14.3 Å². The van der Waals surface area contributed by atoms with Gasteiger partial charge in [0.25, 0.3) is 0 Å². The van der Waals surface area contributed by atoms with Crippen LogP contribution < -0.4 is 0 Å². The van der Waals surface area contributed by atoms with Gasteiger partial charge in [0, 0.05) is 28.1 Å². The number of carbonyl (C=O) groups is 1. The molecular weight excluding hydrogens is 397 g/mol. The molecule has 3 heterocycles. The molecule has 4 aromatic rings. The van der Waals surface area contributed by atoms with Gasteiger partial charge in [-0.15, -0.1) is 0 Å². The molecule has 7 heteroatoms. The van der Waals surface area contributed by atoms with E-state index in [1.165, 1.54) is 12.1 Å². The third kappa shape index (κ3) is 3.03. The Morgan fingerprint density at radius 1 is 1.32 bits per heavy atom. The standard InChI is InChI=1S/C24H24FN3O3/c1-13(2)22-21(15-10-24(3,23(29)30)31-12-15)18-9-19-14(11-26-27-19)8-20(18)28(22)17-6-4-16(25)5-7-17/h4-9,11,13,15H,10,12H2,1-3H3,(H,26,27)(H,29,30)/t15?,24-/m1/s1. The number of carboxylic acid groups (broad SMARTS) is 1. The molecule has 0 saturated carbocycles. The van der Waals surface area contributed by atoms with E-state index in [2.05, 4.69) is 40.7 Å². The molecule has 1 saturated heterocycles. The maximum absolute atomic E-state index is 13.7. The molecule has 0 radical (unpaired) electrons. The highest BCUT2D eigenvalue weighted by molar-refractivity contribution is 5.99. The first kappa shape index (κ1) is 19.8. The minimum Gasteiger partial charge on any atom is -0.479 e. The minimum atomic E-state index is -1.21. The zero-order valence-electron chi connectivity index (χ0n) is 17.6. The molecule has 2 aromatic carbocycles. The molecule has 1 unspecified atom stereocenters. The highest BCUT2D eigenvalue weighted by Crippen LogP contribution is 2.45. The number of hydrogen-bond donors (Lipinski definition) is 2. The van der Waals surface area contributed by atoms with E-state index in [1.807, 2.05) is 0 Å². The lowest BCUT2D eigenvalue weighted by Gasteiger charge is -2.19. The van der Waals surface area contributed by atoms with Crippen LogP contribution in [0.2, 0.25) is 0 Å². The first-order valence-corrected chi connectivity index (χ1v) is 10.4. The largest absolute Gasteiger partial charge is 0.479 e. The van der Waals surface area contributed by atoms with Crippen molar-refractivity contribution in [3.63, 3.8) is 0 Å². The molecule has 0 aliphatic carbocycles. The molecule has 2 aromatic heterocycles. The van der Waals surface area contributed by atoms with Crippen LogP contribution in [0.3, 0.4) is 0 Å². The summed E-state index contributed by atoms with van der Waals surface area (Å²) in [5.74, 6) is -1.15. The van der Waals surface area contributed by atoms with Crippen molar-refractivity contribution < 1.29 is 19.0 Å². The number of benzene rings is 2. The van der Waals surface area contributed by atoms with Gasteiger partial charge >= 0.3 is 5.97 Å². The SMILES string of the molecule is CC(C)c1c(C2CO[C@@](C)(C(=O)O)C2)c2cc3[nH]ncc3cc2n1-c1ccc(F)cc1. The van der Waals surface area contributed by atoms with Gasteiger partial charge < -0.3 is 14.4 Å². The van der Waals surface area contributed by atoms with Gasteiger partial charge in [-0.25, -0.2) is 9.18 Å². The normalized spacial score (nSPS) is 21.5.